The fourth-order valence-corrected chi connectivity index (χ4v) is 3.30. The Bertz CT molecular complexity index is 1320. The van der Waals surface area contributed by atoms with Gasteiger partial charge in [0.1, 0.15) is 16.8 Å². The molecule has 0 spiro atoms. The highest BCUT2D eigenvalue weighted by atomic mass is 32.1. The van der Waals surface area contributed by atoms with Gasteiger partial charge in [0.25, 0.3) is 5.95 Å². The first-order valence-electron chi connectivity index (χ1n) is 10.1. The van der Waals surface area contributed by atoms with Gasteiger partial charge in [0.05, 0.1) is 37.7 Å². The summed E-state index contributed by atoms with van der Waals surface area (Å²) in [5.41, 5.74) is 1.84. The summed E-state index contributed by atoms with van der Waals surface area (Å²) in [6.07, 6.45) is -0.471. The Hall–Kier alpha value is -3.81. The molecule has 0 aliphatic carbocycles. The summed E-state index contributed by atoms with van der Waals surface area (Å²) in [6.45, 7) is 3.75. The molecule has 1 aromatic carbocycles. The SMILES string of the molecule is CCOC(=O)c1cnn(-c2nc(OC)c3c(cnn3[C@@H](C)c3ccc(OC(F)(F)F)cc3)n2)c1.S. The number of fused-ring (bicyclic) bond motifs is 1. The second-order valence-corrected chi connectivity index (χ2v) is 7.04. The van der Waals surface area contributed by atoms with Crippen molar-refractivity contribution in [2.24, 2.45) is 0 Å². The maximum absolute atomic E-state index is 12.4. The van der Waals surface area contributed by atoms with Crippen LogP contribution in [0.2, 0.25) is 0 Å². The van der Waals surface area contributed by atoms with E-state index < -0.39 is 12.3 Å². The molecule has 0 saturated carbocycles. The van der Waals surface area contributed by atoms with Crippen molar-refractivity contribution in [3.63, 3.8) is 0 Å². The molecule has 186 valence electrons. The number of carbonyl (C=O) groups excluding carboxylic acids is 1. The van der Waals surface area contributed by atoms with Crippen molar-refractivity contribution in [3.05, 3.63) is 54.0 Å². The molecule has 0 aliphatic rings. The molecule has 35 heavy (non-hydrogen) atoms. The van der Waals surface area contributed by atoms with Crippen LogP contribution in [-0.2, 0) is 4.74 Å². The molecule has 10 nitrogen and oxygen atoms in total. The molecule has 0 unspecified atom stereocenters. The zero-order chi connectivity index (χ0) is 24.5. The standard InChI is InChI=1S/C21H19F3N6O4.H2S/c1-4-33-19(31)14-9-25-29(11-14)20-27-16-10-26-30(17(16)18(28-20)32-3)12(2)13-5-7-15(8-6-13)34-21(22,23)24;/h5-12H,4H2,1-3H3;1H2/t12-;/m0./s1. The summed E-state index contributed by atoms with van der Waals surface area (Å²) in [5.74, 6) is -0.480. The van der Waals surface area contributed by atoms with Crippen molar-refractivity contribution in [1.29, 1.82) is 0 Å². The predicted molar refractivity (Wildman–Crippen MR) is 122 cm³/mol. The van der Waals surface area contributed by atoms with Gasteiger partial charge >= 0.3 is 12.3 Å². The summed E-state index contributed by atoms with van der Waals surface area (Å²) in [6, 6.07) is 5.11. The van der Waals surface area contributed by atoms with Crippen molar-refractivity contribution in [2.75, 3.05) is 13.7 Å². The van der Waals surface area contributed by atoms with Crippen LogP contribution in [0.25, 0.3) is 17.0 Å². The van der Waals surface area contributed by atoms with E-state index in [0.717, 1.165) is 0 Å². The van der Waals surface area contributed by atoms with Gasteiger partial charge in [-0.05, 0) is 31.5 Å². The quantitative estimate of drug-likeness (QED) is 0.346. The maximum atomic E-state index is 12.4. The Morgan fingerprint density at radius 2 is 1.83 bits per heavy atom. The zero-order valence-corrected chi connectivity index (χ0v) is 19.8. The molecule has 0 N–H and O–H groups in total. The number of hydrogen-bond donors (Lipinski definition) is 0. The zero-order valence-electron chi connectivity index (χ0n) is 18.8. The van der Waals surface area contributed by atoms with Crippen LogP contribution in [0.4, 0.5) is 13.2 Å². The number of methoxy groups -OCH3 is 1. The monoisotopic (exact) mass is 510 g/mol. The lowest BCUT2D eigenvalue weighted by atomic mass is 10.1. The molecule has 4 rings (SSSR count). The first-order chi connectivity index (χ1) is 16.2. The number of benzene rings is 1. The van der Waals surface area contributed by atoms with Gasteiger partial charge in [-0.25, -0.2) is 14.5 Å². The Morgan fingerprint density at radius 3 is 2.46 bits per heavy atom. The second kappa shape index (κ2) is 10.2. The van der Waals surface area contributed by atoms with Gasteiger partial charge in [-0.3, -0.25) is 4.68 Å². The molecule has 1 atom stereocenters. The van der Waals surface area contributed by atoms with Gasteiger partial charge in [0, 0.05) is 6.20 Å². The normalized spacial score (nSPS) is 12.2. The minimum absolute atomic E-state index is 0. The van der Waals surface area contributed by atoms with Crippen molar-refractivity contribution in [2.45, 2.75) is 26.3 Å². The maximum Gasteiger partial charge on any atom is 0.573 e. The van der Waals surface area contributed by atoms with Gasteiger partial charge in [-0.2, -0.15) is 28.7 Å². The van der Waals surface area contributed by atoms with E-state index in [9.17, 15) is 18.0 Å². The largest absolute Gasteiger partial charge is 0.573 e. The van der Waals surface area contributed by atoms with Crippen LogP contribution in [0.3, 0.4) is 0 Å². The molecule has 3 aromatic heterocycles. The van der Waals surface area contributed by atoms with E-state index in [4.69, 9.17) is 9.47 Å². The van der Waals surface area contributed by atoms with Gasteiger partial charge in [0.15, 0.2) is 0 Å². The van der Waals surface area contributed by atoms with E-state index >= 15 is 0 Å². The number of alkyl halides is 3. The van der Waals surface area contributed by atoms with Crippen molar-refractivity contribution in [3.8, 4) is 17.6 Å². The van der Waals surface area contributed by atoms with E-state index in [1.807, 2.05) is 6.92 Å². The first kappa shape index (κ1) is 25.8. The molecule has 0 fully saturated rings. The molecule has 0 amide bonds. The smallest absolute Gasteiger partial charge is 0.479 e. The van der Waals surface area contributed by atoms with E-state index in [-0.39, 0.29) is 49.3 Å². The highest BCUT2D eigenvalue weighted by molar-refractivity contribution is 7.59. The molecule has 0 aliphatic heterocycles. The highest BCUT2D eigenvalue weighted by Crippen LogP contribution is 2.30. The fourth-order valence-electron chi connectivity index (χ4n) is 3.30. The Balaban J connectivity index is 0.00000342. The van der Waals surface area contributed by atoms with Crippen LogP contribution >= 0.6 is 13.5 Å². The van der Waals surface area contributed by atoms with Crippen LogP contribution < -0.4 is 9.47 Å². The van der Waals surface area contributed by atoms with Gasteiger partial charge in [-0.1, -0.05) is 12.1 Å². The summed E-state index contributed by atoms with van der Waals surface area (Å²) >= 11 is 0. The second-order valence-electron chi connectivity index (χ2n) is 7.04. The minimum atomic E-state index is -4.76. The number of nitrogens with zero attached hydrogens (tertiary/aromatic N) is 6. The van der Waals surface area contributed by atoms with Gasteiger partial charge < -0.3 is 14.2 Å². The highest BCUT2D eigenvalue weighted by Gasteiger charge is 2.31. The Morgan fingerprint density at radius 1 is 1.11 bits per heavy atom. The van der Waals surface area contributed by atoms with Crippen molar-refractivity contribution >= 4 is 30.5 Å². The number of aromatic nitrogens is 6. The summed E-state index contributed by atoms with van der Waals surface area (Å²) < 4.78 is 54.5. The third-order valence-electron chi connectivity index (χ3n) is 4.86. The summed E-state index contributed by atoms with van der Waals surface area (Å²) in [5, 5.41) is 8.48. The van der Waals surface area contributed by atoms with Gasteiger partial charge in [0.2, 0.25) is 5.88 Å². The number of carbonyl (C=O) groups is 1. The predicted octanol–water partition coefficient (Wildman–Crippen LogP) is 3.82. The molecule has 3 heterocycles. The van der Waals surface area contributed by atoms with Crippen LogP contribution in [0.15, 0.2) is 42.9 Å². The van der Waals surface area contributed by atoms with Crippen LogP contribution in [-0.4, -0.2) is 55.6 Å². The molecule has 4 aromatic rings. The number of halogens is 3. The molecular formula is C21H21F3N6O4S. The molecular weight excluding hydrogens is 489 g/mol. The van der Waals surface area contributed by atoms with Crippen molar-refractivity contribution in [1.82, 2.24) is 29.5 Å². The fraction of sp³-hybridized carbons (Fsp3) is 0.286. The minimum Gasteiger partial charge on any atom is -0.479 e. The van der Waals surface area contributed by atoms with Crippen LogP contribution in [0.1, 0.15) is 35.8 Å². The third kappa shape index (κ3) is 5.48. The topological polar surface area (TPSA) is 106 Å². The molecule has 14 heteroatoms. The van der Waals surface area contributed by atoms with E-state index in [1.165, 1.54) is 54.6 Å². The number of rotatable bonds is 7. The summed E-state index contributed by atoms with van der Waals surface area (Å²) in [4.78, 5) is 20.7. The van der Waals surface area contributed by atoms with Crippen LogP contribution in [0, 0.1) is 0 Å². The lowest BCUT2D eigenvalue weighted by Gasteiger charge is -2.16. The average molecular weight is 510 g/mol. The lowest BCUT2D eigenvalue weighted by Crippen LogP contribution is -2.17. The number of hydrogen-bond acceptors (Lipinski definition) is 8. The molecule has 0 saturated heterocycles. The third-order valence-corrected chi connectivity index (χ3v) is 4.86. The van der Waals surface area contributed by atoms with Gasteiger partial charge in [-0.15, -0.1) is 13.2 Å². The molecule has 0 bridgehead atoms. The summed E-state index contributed by atoms with van der Waals surface area (Å²) in [7, 11) is 1.43. The Kier molecular flexibility index (Phi) is 7.53. The van der Waals surface area contributed by atoms with Crippen molar-refractivity contribution < 1.29 is 32.2 Å². The number of ether oxygens (including phenoxy) is 3. The Labute approximate surface area is 204 Å². The van der Waals surface area contributed by atoms with E-state index in [0.29, 0.717) is 16.6 Å². The van der Waals surface area contributed by atoms with Crippen LogP contribution in [0.5, 0.6) is 11.6 Å². The molecule has 0 radical (unpaired) electrons. The van der Waals surface area contributed by atoms with E-state index in [2.05, 4.69) is 24.9 Å². The van der Waals surface area contributed by atoms with E-state index in [1.54, 1.807) is 11.6 Å². The average Bonchev–Trinajstić information content (AvgIpc) is 3.45. The lowest BCUT2D eigenvalue weighted by molar-refractivity contribution is -0.274. The first-order valence-corrected chi connectivity index (χ1v) is 10.1. The number of esters is 1.